The van der Waals surface area contributed by atoms with Gasteiger partial charge in [0.15, 0.2) is 5.69 Å². The molecule has 1 N–H and O–H groups in total. The molecule has 0 aliphatic carbocycles. The van der Waals surface area contributed by atoms with E-state index in [2.05, 4.69) is 15.3 Å². The van der Waals surface area contributed by atoms with Crippen molar-refractivity contribution in [2.45, 2.75) is 25.4 Å². The summed E-state index contributed by atoms with van der Waals surface area (Å²) in [6.07, 6.45) is 0.920. The molecule has 0 fully saturated rings. The molecular formula is C24H21ClN6O2. The number of nitrogens with zero attached hydrogens (tertiary/aromatic N) is 5. The lowest BCUT2D eigenvalue weighted by Gasteiger charge is -2.34. The van der Waals surface area contributed by atoms with Gasteiger partial charge in [0.2, 0.25) is 5.91 Å². The predicted molar refractivity (Wildman–Crippen MR) is 125 cm³/mol. The van der Waals surface area contributed by atoms with E-state index in [0.29, 0.717) is 36.8 Å². The molecule has 2 aromatic carbocycles. The molecule has 0 unspecified atom stereocenters. The van der Waals surface area contributed by atoms with E-state index in [0.717, 1.165) is 33.4 Å². The van der Waals surface area contributed by atoms with Crippen LogP contribution in [0.25, 0.3) is 10.9 Å². The van der Waals surface area contributed by atoms with Crippen LogP contribution in [0.5, 0.6) is 0 Å². The molecule has 2 amide bonds. The number of benzene rings is 2. The Kier molecular flexibility index (Phi) is 4.51. The average Bonchev–Trinajstić information content (AvgIpc) is 3.36. The Balaban J connectivity index is 1.34. The number of amides is 2. The van der Waals surface area contributed by atoms with Gasteiger partial charge in [0, 0.05) is 36.7 Å². The standard InChI is InChI=1S/C24H21ClN6O2/c1-29-18-9-5-8-16-20(18)17(27-26-16)12-19(23(29)32)30-11-10-15-21(24(30)33)28-31(22(15)25)13-14-6-3-2-4-7-14/h2-9,19H,10-13H2,1H3,(H,26,27)/t19-/m0/s1. The number of hydrogen-bond donors (Lipinski definition) is 1. The van der Waals surface area contributed by atoms with E-state index in [4.69, 9.17) is 11.6 Å². The molecule has 1 atom stereocenters. The zero-order chi connectivity index (χ0) is 22.7. The molecule has 0 saturated carbocycles. The number of likely N-dealkylation sites (N-methyl/N-ethyl adjacent to an activating group) is 1. The smallest absolute Gasteiger partial charge is 0.275 e. The first-order valence-electron chi connectivity index (χ1n) is 10.9. The number of fused-ring (bicyclic) bond motifs is 1. The lowest BCUT2D eigenvalue weighted by Crippen LogP contribution is -2.53. The van der Waals surface area contributed by atoms with Crippen molar-refractivity contribution in [3.8, 4) is 0 Å². The number of carbonyl (C=O) groups excluding carboxylic acids is 2. The topological polar surface area (TPSA) is 87.1 Å². The molecular weight excluding hydrogens is 440 g/mol. The molecule has 0 radical (unpaired) electrons. The van der Waals surface area contributed by atoms with Crippen molar-refractivity contribution in [3.63, 3.8) is 0 Å². The first-order valence-corrected chi connectivity index (χ1v) is 11.2. The second-order valence-electron chi connectivity index (χ2n) is 8.50. The second kappa shape index (κ2) is 7.45. The van der Waals surface area contributed by atoms with Crippen molar-refractivity contribution >= 4 is 40.0 Å². The number of aromatic nitrogens is 4. The van der Waals surface area contributed by atoms with Crippen LogP contribution in [0.15, 0.2) is 48.5 Å². The SMILES string of the molecule is CN1C(=O)[C@@H](N2CCc3c(nn(Cc4ccccc4)c3Cl)C2=O)Cc2[nH]nc3cccc1c23. The van der Waals surface area contributed by atoms with Crippen LogP contribution in [0.1, 0.15) is 27.3 Å². The third-order valence-electron chi connectivity index (χ3n) is 6.61. The summed E-state index contributed by atoms with van der Waals surface area (Å²) >= 11 is 6.61. The van der Waals surface area contributed by atoms with Crippen molar-refractivity contribution in [2.75, 3.05) is 18.5 Å². The van der Waals surface area contributed by atoms with Gasteiger partial charge in [0.05, 0.1) is 17.7 Å². The van der Waals surface area contributed by atoms with Gasteiger partial charge in [-0.3, -0.25) is 14.7 Å². The molecule has 8 nitrogen and oxygen atoms in total. The normalized spacial score (nSPS) is 18.1. The number of carbonyl (C=O) groups is 2. The first kappa shape index (κ1) is 20.0. The molecule has 33 heavy (non-hydrogen) atoms. The summed E-state index contributed by atoms with van der Waals surface area (Å²) in [5.74, 6) is -0.392. The quantitative estimate of drug-likeness (QED) is 0.509. The monoisotopic (exact) mass is 460 g/mol. The highest BCUT2D eigenvalue weighted by Gasteiger charge is 2.41. The second-order valence-corrected chi connectivity index (χ2v) is 8.86. The maximum absolute atomic E-state index is 13.5. The molecule has 0 spiro atoms. The van der Waals surface area contributed by atoms with Crippen LogP contribution in [0.2, 0.25) is 5.15 Å². The highest BCUT2D eigenvalue weighted by Crippen LogP contribution is 2.34. The summed E-state index contributed by atoms with van der Waals surface area (Å²) in [6, 6.07) is 14.9. The van der Waals surface area contributed by atoms with E-state index < -0.39 is 6.04 Å². The number of halogens is 1. The maximum atomic E-state index is 13.5. The molecule has 4 aromatic rings. The Bertz CT molecular complexity index is 1410. The third-order valence-corrected chi connectivity index (χ3v) is 7.03. The van der Waals surface area contributed by atoms with Crippen molar-refractivity contribution in [2.24, 2.45) is 0 Å². The minimum Gasteiger partial charge on any atom is -0.324 e. The van der Waals surface area contributed by atoms with E-state index in [1.807, 2.05) is 48.5 Å². The fourth-order valence-electron chi connectivity index (χ4n) is 4.91. The van der Waals surface area contributed by atoms with Crippen LogP contribution in [-0.4, -0.2) is 56.3 Å². The van der Waals surface area contributed by atoms with Gasteiger partial charge in [-0.1, -0.05) is 48.0 Å². The number of H-pyrrole nitrogens is 1. The zero-order valence-corrected chi connectivity index (χ0v) is 18.7. The van der Waals surface area contributed by atoms with E-state index in [9.17, 15) is 9.59 Å². The summed E-state index contributed by atoms with van der Waals surface area (Å²) in [4.78, 5) is 30.3. The predicted octanol–water partition coefficient (Wildman–Crippen LogP) is 3.05. The van der Waals surface area contributed by atoms with Crippen LogP contribution in [0, 0.1) is 0 Å². The summed E-state index contributed by atoms with van der Waals surface area (Å²) in [5, 5.41) is 13.4. The Morgan fingerprint density at radius 3 is 2.76 bits per heavy atom. The molecule has 6 rings (SSSR count). The zero-order valence-electron chi connectivity index (χ0n) is 18.0. The number of rotatable bonds is 3. The van der Waals surface area contributed by atoms with E-state index >= 15 is 0 Å². The summed E-state index contributed by atoms with van der Waals surface area (Å²) in [6.45, 7) is 0.882. The number of hydrogen-bond acceptors (Lipinski definition) is 4. The van der Waals surface area contributed by atoms with Crippen molar-refractivity contribution in [1.82, 2.24) is 24.9 Å². The van der Waals surface area contributed by atoms with Gasteiger partial charge in [-0.25, -0.2) is 4.68 Å². The van der Waals surface area contributed by atoms with Gasteiger partial charge in [-0.15, -0.1) is 0 Å². The molecule has 2 aromatic heterocycles. The number of anilines is 1. The van der Waals surface area contributed by atoms with E-state index in [1.54, 1.807) is 21.5 Å². The first-order chi connectivity index (χ1) is 16.0. The van der Waals surface area contributed by atoms with E-state index in [-0.39, 0.29) is 11.8 Å². The fraction of sp³-hybridized carbons (Fsp3) is 0.250. The molecule has 2 aliphatic heterocycles. The molecule has 9 heteroatoms. The lowest BCUT2D eigenvalue weighted by atomic mass is 10.0. The van der Waals surface area contributed by atoms with Crippen molar-refractivity contribution < 1.29 is 9.59 Å². The van der Waals surface area contributed by atoms with Crippen LogP contribution in [0.4, 0.5) is 5.69 Å². The lowest BCUT2D eigenvalue weighted by molar-refractivity contribution is -0.122. The van der Waals surface area contributed by atoms with Gasteiger partial charge in [0.1, 0.15) is 11.2 Å². The maximum Gasteiger partial charge on any atom is 0.275 e. The summed E-state index contributed by atoms with van der Waals surface area (Å²) in [7, 11) is 1.75. The minimum absolute atomic E-state index is 0.126. The molecule has 0 bridgehead atoms. The van der Waals surface area contributed by atoms with Crippen molar-refractivity contribution in [3.05, 3.63) is 76.2 Å². The molecule has 166 valence electrons. The Labute approximate surface area is 194 Å². The largest absolute Gasteiger partial charge is 0.324 e. The Morgan fingerprint density at radius 1 is 1.12 bits per heavy atom. The minimum atomic E-state index is -0.648. The van der Waals surface area contributed by atoms with Gasteiger partial charge in [-0.2, -0.15) is 10.2 Å². The Morgan fingerprint density at radius 2 is 1.94 bits per heavy atom. The molecule has 4 heterocycles. The van der Waals surface area contributed by atoms with Crippen molar-refractivity contribution in [1.29, 1.82) is 0 Å². The number of aromatic amines is 1. The average molecular weight is 461 g/mol. The Hall–Kier alpha value is -3.65. The van der Waals surface area contributed by atoms with E-state index in [1.165, 1.54) is 0 Å². The highest BCUT2D eigenvalue weighted by molar-refractivity contribution is 6.31. The summed E-state index contributed by atoms with van der Waals surface area (Å²) in [5.41, 5.74) is 4.58. The van der Waals surface area contributed by atoms with Gasteiger partial charge < -0.3 is 9.80 Å². The van der Waals surface area contributed by atoms with Crippen LogP contribution in [0.3, 0.4) is 0 Å². The highest BCUT2D eigenvalue weighted by atomic mass is 35.5. The molecule has 2 aliphatic rings. The third kappa shape index (κ3) is 3.05. The van der Waals surface area contributed by atoms with Gasteiger partial charge in [0.25, 0.3) is 5.91 Å². The fourth-order valence-corrected chi connectivity index (χ4v) is 5.19. The van der Waals surface area contributed by atoms with Gasteiger partial charge in [-0.05, 0) is 24.1 Å². The van der Waals surface area contributed by atoms with Crippen LogP contribution in [-0.2, 0) is 24.2 Å². The van der Waals surface area contributed by atoms with Crippen LogP contribution >= 0.6 is 11.6 Å². The van der Waals surface area contributed by atoms with Gasteiger partial charge >= 0.3 is 0 Å². The van der Waals surface area contributed by atoms with Crippen LogP contribution < -0.4 is 4.90 Å². The number of nitrogens with one attached hydrogen (secondary N) is 1. The molecule has 0 saturated heterocycles. The summed E-state index contributed by atoms with van der Waals surface area (Å²) < 4.78 is 1.66.